The van der Waals surface area contributed by atoms with Crippen molar-refractivity contribution < 1.29 is 28.2 Å². The first kappa shape index (κ1) is 23.7. The molecule has 0 amide bonds. The molecule has 0 bridgehead atoms. The van der Waals surface area contributed by atoms with Crippen LogP contribution in [0.2, 0.25) is 0 Å². The molecule has 6 heteroatoms. The van der Waals surface area contributed by atoms with Gasteiger partial charge in [-0.25, -0.2) is 0 Å². The van der Waals surface area contributed by atoms with Crippen molar-refractivity contribution in [1.29, 1.82) is 0 Å². The Morgan fingerprint density at radius 3 is 2.67 bits per heavy atom. The van der Waals surface area contributed by atoms with E-state index >= 15 is 0 Å². The van der Waals surface area contributed by atoms with Gasteiger partial charge in [-0.05, 0) is 91.2 Å². The summed E-state index contributed by atoms with van der Waals surface area (Å²) in [7, 11) is 0. The molecule has 4 aliphatic carbocycles. The van der Waals surface area contributed by atoms with Gasteiger partial charge in [0.2, 0.25) is 0 Å². The number of benzene rings is 1. The van der Waals surface area contributed by atoms with E-state index in [4.69, 9.17) is 9.47 Å². The van der Waals surface area contributed by atoms with Gasteiger partial charge < -0.3 is 14.6 Å². The van der Waals surface area contributed by atoms with E-state index in [0.29, 0.717) is 38.2 Å². The van der Waals surface area contributed by atoms with Crippen molar-refractivity contribution in [2.45, 2.75) is 76.2 Å². The van der Waals surface area contributed by atoms with Crippen molar-refractivity contribution in [1.82, 2.24) is 0 Å². The zero-order chi connectivity index (χ0) is 25.3. The Hall–Kier alpha value is -2.65. The minimum absolute atomic E-state index is 0.0208. The van der Waals surface area contributed by atoms with Gasteiger partial charge >= 0.3 is 5.92 Å². The molecule has 4 nitrogen and oxygen atoms in total. The van der Waals surface area contributed by atoms with Gasteiger partial charge in [0.25, 0.3) is 0 Å². The van der Waals surface area contributed by atoms with Crippen LogP contribution in [-0.4, -0.2) is 35.6 Å². The van der Waals surface area contributed by atoms with E-state index in [9.17, 15) is 18.7 Å². The largest absolute Gasteiger partial charge is 0.486 e. The highest BCUT2D eigenvalue weighted by atomic mass is 19.3. The van der Waals surface area contributed by atoms with Crippen LogP contribution in [0.25, 0.3) is 0 Å². The van der Waals surface area contributed by atoms with Crippen molar-refractivity contribution in [3.05, 3.63) is 46.6 Å². The van der Waals surface area contributed by atoms with Gasteiger partial charge in [-0.15, -0.1) is 0 Å². The van der Waals surface area contributed by atoms with Gasteiger partial charge in [0.1, 0.15) is 18.8 Å². The molecule has 5 aliphatic rings. The maximum atomic E-state index is 13.7. The summed E-state index contributed by atoms with van der Waals surface area (Å²) in [5, 5.41) is 11.8. The Balaban J connectivity index is 1.50. The van der Waals surface area contributed by atoms with Crippen molar-refractivity contribution >= 4 is 5.78 Å². The molecule has 0 saturated heterocycles. The Kier molecular flexibility index (Phi) is 5.39. The minimum Gasteiger partial charge on any atom is -0.486 e. The van der Waals surface area contributed by atoms with Crippen LogP contribution in [0.4, 0.5) is 8.78 Å². The van der Waals surface area contributed by atoms with Crippen LogP contribution < -0.4 is 9.47 Å². The quantitative estimate of drug-likeness (QED) is 0.506. The highest BCUT2D eigenvalue weighted by Gasteiger charge is 2.62. The van der Waals surface area contributed by atoms with Gasteiger partial charge in [-0.3, -0.25) is 4.79 Å². The summed E-state index contributed by atoms with van der Waals surface area (Å²) < 4.78 is 39.1. The summed E-state index contributed by atoms with van der Waals surface area (Å²) in [6, 6.07) is 6.05. The fourth-order valence-corrected chi connectivity index (χ4v) is 7.66. The van der Waals surface area contributed by atoms with E-state index in [2.05, 4.69) is 24.8 Å². The van der Waals surface area contributed by atoms with Crippen LogP contribution in [0, 0.1) is 29.1 Å². The molecule has 1 aromatic rings. The minimum atomic E-state index is -3.15. The number of aliphatic hydroxyl groups is 1. The second kappa shape index (κ2) is 8.18. The molecule has 1 heterocycles. The van der Waals surface area contributed by atoms with Crippen molar-refractivity contribution in [3.63, 3.8) is 0 Å². The Morgan fingerprint density at radius 2 is 1.89 bits per heavy atom. The van der Waals surface area contributed by atoms with E-state index in [1.54, 1.807) is 0 Å². The smallest absolute Gasteiger partial charge is 0.305 e. The van der Waals surface area contributed by atoms with Crippen LogP contribution >= 0.6 is 0 Å². The highest BCUT2D eigenvalue weighted by molar-refractivity contribution is 5.93. The molecule has 36 heavy (non-hydrogen) atoms. The Morgan fingerprint density at radius 1 is 1.11 bits per heavy atom. The fraction of sp³-hybridized carbons (Fsp3) is 0.567. The number of ether oxygens (including phenoxy) is 2. The second-order valence-electron chi connectivity index (χ2n) is 11.4. The first-order chi connectivity index (χ1) is 17.1. The molecular formula is C30H32F2O4. The molecule has 0 spiro atoms. The molecular weight excluding hydrogens is 462 g/mol. The summed E-state index contributed by atoms with van der Waals surface area (Å²) >= 11 is 0. The number of allylic oxidation sites excluding steroid dienone is 4. The lowest BCUT2D eigenvalue weighted by Crippen LogP contribution is -2.51. The lowest BCUT2D eigenvalue weighted by atomic mass is 9.51. The number of carbonyl (C=O) groups excluding carboxylic acids is 1. The Labute approximate surface area is 210 Å². The van der Waals surface area contributed by atoms with Crippen molar-refractivity contribution in [2.75, 3.05) is 13.2 Å². The molecule has 0 aromatic heterocycles. The summed E-state index contributed by atoms with van der Waals surface area (Å²) in [6.45, 7) is 3.84. The third-order valence-corrected chi connectivity index (χ3v) is 9.34. The van der Waals surface area contributed by atoms with Crippen LogP contribution in [-0.2, 0) is 4.79 Å². The summed E-state index contributed by atoms with van der Waals surface area (Å²) in [5.41, 5.74) is 2.79. The molecule has 5 atom stereocenters. The van der Waals surface area contributed by atoms with Crippen LogP contribution in [0.5, 0.6) is 11.5 Å². The topological polar surface area (TPSA) is 55.8 Å². The predicted molar refractivity (Wildman–Crippen MR) is 131 cm³/mol. The Bertz CT molecular complexity index is 1250. The third-order valence-electron chi connectivity index (χ3n) is 9.34. The first-order valence-electron chi connectivity index (χ1n) is 13.1. The monoisotopic (exact) mass is 494 g/mol. The normalized spacial score (nSPS) is 35.2. The van der Waals surface area contributed by atoms with Crippen LogP contribution in [0.1, 0.15) is 70.3 Å². The molecule has 0 radical (unpaired) electrons. The van der Waals surface area contributed by atoms with Gasteiger partial charge in [-0.2, -0.15) is 8.78 Å². The van der Waals surface area contributed by atoms with E-state index in [1.165, 1.54) is 11.1 Å². The number of ketones is 1. The number of rotatable bonds is 1. The van der Waals surface area contributed by atoms with E-state index in [1.807, 2.05) is 18.2 Å². The average molecular weight is 495 g/mol. The number of fused-ring (bicyclic) bond motifs is 5. The molecule has 6 rings (SSSR count). The molecule has 1 N–H and O–H groups in total. The van der Waals surface area contributed by atoms with E-state index in [0.717, 1.165) is 49.5 Å². The summed E-state index contributed by atoms with van der Waals surface area (Å²) in [6.07, 6.45) is 6.58. The molecule has 0 unspecified atom stereocenters. The zero-order valence-corrected chi connectivity index (χ0v) is 20.8. The van der Waals surface area contributed by atoms with Crippen LogP contribution in [0.3, 0.4) is 0 Å². The zero-order valence-electron chi connectivity index (χ0n) is 20.8. The van der Waals surface area contributed by atoms with Gasteiger partial charge in [-0.1, -0.05) is 24.5 Å². The number of carbonyl (C=O) groups is 1. The standard InChI is InChI=1S/C30H32F2O4/c1-28-17-23(19-4-8-25-26(16-19)36-14-13-35-25)27-21-7-5-20(33)15-18(21)3-6-22(27)24(28)9-10-30(28,34)12-11-29(2,31)32/h4,8,15-16,22-24,34H,3,5-7,9-10,13-14,17H2,1-2H3/t22-,23+,24-,28-,30+/m0/s1. The lowest BCUT2D eigenvalue weighted by molar-refractivity contribution is -0.114. The third kappa shape index (κ3) is 3.70. The number of hydrogen-bond acceptors (Lipinski definition) is 4. The lowest BCUT2D eigenvalue weighted by Gasteiger charge is -2.53. The summed E-state index contributed by atoms with van der Waals surface area (Å²) in [4.78, 5) is 12.2. The predicted octanol–water partition coefficient (Wildman–Crippen LogP) is 5.75. The molecule has 1 aromatic carbocycles. The first-order valence-corrected chi connectivity index (χ1v) is 13.1. The van der Waals surface area contributed by atoms with Crippen LogP contribution in [0.15, 0.2) is 41.0 Å². The van der Waals surface area contributed by atoms with Crippen molar-refractivity contribution in [2.24, 2.45) is 17.3 Å². The highest BCUT2D eigenvalue weighted by Crippen LogP contribution is 2.66. The molecule has 1 aliphatic heterocycles. The number of halogens is 2. The molecule has 2 fully saturated rings. The maximum absolute atomic E-state index is 13.7. The summed E-state index contributed by atoms with van der Waals surface area (Å²) in [5.74, 6) is 3.53. The van der Waals surface area contributed by atoms with E-state index < -0.39 is 16.9 Å². The molecule has 190 valence electrons. The van der Waals surface area contributed by atoms with Gasteiger partial charge in [0.05, 0.1) is 0 Å². The average Bonchev–Trinajstić information content (AvgIpc) is 3.12. The number of hydrogen-bond donors (Lipinski definition) is 1. The van der Waals surface area contributed by atoms with Crippen molar-refractivity contribution in [3.8, 4) is 23.3 Å². The van der Waals surface area contributed by atoms with Gasteiger partial charge in [0.15, 0.2) is 17.3 Å². The fourth-order valence-electron chi connectivity index (χ4n) is 7.66. The maximum Gasteiger partial charge on any atom is 0.305 e. The number of alkyl halides is 2. The van der Waals surface area contributed by atoms with E-state index in [-0.39, 0.29) is 23.5 Å². The SMILES string of the molecule is CC(F)(F)C#C[C@]1(O)CC[C@H]2[C@@H]3CCC4=CC(=O)CCC4=C3[C@@H](c3ccc4c(c3)OCCO4)C[C@@]21C. The van der Waals surface area contributed by atoms with Gasteiger partial charge in [0, 0.05) is 24.7 Å². The molecule has 2 saturated carbocycles. The second-order valence-corrected chi connectivity index (χ2v) is 11.4.